The van der Waals surface area contributed by atoms with Gasteiger partial charge in [-0.1, -0.05) is 24.3 Å². The van der Waals surface area contributed by atoms with E-state index in [9.17, 15) is 75.3 Å². The largest absolute Gasteiger partial charge is 0.508 e. The molecule has 0 aliphatic carbocycles. The van der Waals surface area contributed by atoms with Gasteiger partial charge in [0.1, 0.15) is 81.0 Å². The van der Waals surface area contributed by atoms with E-state index < -0.39 is 34.9 Å². The number of fused-ring (bicyclic) bond motifs is 4. The summed E-state index contributed by atoms with van der Waals surface area (Å²) < 4.78 is 22.8. The van der Waals surface area contributed by atoms with Crippen molar-refractivity contribution in [2.45, 2.75) is 58.3 Å². The third kappa shape index (κ3) is 11.9. The summed E-state index contributed by atoms with van der Waals surface area (Å²) in [6, 6.07) is 34.9. The van der Waals surface area contributed by atoms with E-state index in [4.69, 9.17) is 18.6 Å². The Labute approximate surface area is 465 Å². The van der Waals surface area contributed by atoms with Gasteiger partial charge in [-0.15, -0.1) is 0 Å². The van der Waals surface area contributed by atoms with Crippen LogP contribution in [-0.2, 0) is 0 Å². The first-order chi connectivity index (χ1) is 39.0. The smallest absolute Gasteiger partial charge is 0.238 e. The van der Waals surface area contributed by atoms with Crippen molar-refractivity contribution in [1.29, 1.82) is 0 Å². The van der Waals surface area contributed by atoms with Crippen LogP contribution in [0.15, 0.2) is 149 Å². The van der Waals surface area contributed by atoms with Crippen molar-refractivity contribution in [3.8, 4) is 91.8 Å². The second-order valence-corrected chi connectivity index (χ2v) is 19.6. The maximum Gasteiger partial charge on any atom is 0.238 e. The molecule has 11 N–H and O–H groups in total. The number of carbonyl (C=O) groups is 3. The van der Waals surface area contributed by atoms with Gasteiger partial charge in [0.25, 0.3) is 0 Å². The summed E-state index contributed by atoms with van der Waals surface area (Å²) in [6.45, 7) is 5.60. The molecular formula is C63H52O19. The topological polar surface area (TPSA) is 332 Å². The lowest BCUT2D eigenvalue weighted by molar-refractivity contribution is 0.0839. The number of rotatable bonds is 4. The molecule has 0 radical (unpaired) electrons. The van der Waals surface area contributed by atoms with Crippen LogP contribution in [0.1, 0.15) is 102 Å². The number of phenols is 10. The molecular weight excluding hydrogens is 1060 g/mol. The van der Waals surface area contributed by atoms with E-state index in [1.165, 1.54) is 48.5 Å². The van der Waals surface area contributed by atoms with Gasteiger partial charge in [0.2, 0.25) is 11.2 Å². The lowest BCUT2D eigenvalue weighted by Gasteiger charge is -2.26. The van der Waals surface area contributed by atoms with E-state index in [-0.39, 0.29) is 105 Å². The molecule has 19 nitrogen and oxygen atoms in total. The lowest BCUT2D eigenvalue weighted by Crippen LogP contribution is -2.20. The molecule has 0 bridgehead atoms. The summed E-state index contributed by atoms with van der Waals surface area (Å²) in [7, 11) is 0. The molecule has 0 saturated heterocycles. The molecule has 0 amide bonds. The lowest BCUT2D eigenvalue weighted by atomic mass is 9.94. The van der Waals surface area contributed by atoms with Gasteiger partial charge in [-0.3, -0.25) is 19.2 Å². The second-order valence-electron chi connectivity index (χ2n) is 19.6. The van der Waals surface area contributed by atoms with E-state index in [1.807, 2.05) is 38.1 Å². The summed E-state index contributed by atoms with van der Waals surface area (Å²) in [5, 5.41) is 104. The van der Waals surface area contributed by atoms with Gasteiger partial charge in [0.15, 0.2) is 46.1 Å². The first kappa shape index (κ1) is 55.9. The molecule has 19 heteroatoms. The van der Waals surface area contributed by atoms with E-state index >= 15 is 0 Å². The fourth-order valence-electron chi connectivity index (χ4n) is 9.25. The van der Waals surface area contributed by atoms with Crippen LogP contribution >= 0.6 is 0 Å². The van der Waals surface area contributed by atoms with Crippen molar-refractivity contribution in [2.75, 3.05) is 0 Å². The fraction of sp³-hybridized carbons (Fsp3) is 0.143. The Balaban J connectivity index is 0.000000132. The van der Waals surface area contributed by atoms with Crippen LogP contribution in [0.3, 0.4) is 0 Å². The second kappa shape index (κ2) is 22.9. The summed E-state index contributed by atoms with van der Waals surface area (Å²) >= 11 is 0. The van der Waals surface area contributed by atoms with Crippen molar-refractivity contribution in [1.82, 2.24) is 0 Å². The average molecular weight is 1110 g/mol. The highest BCUT2D eigenvalue weighted by Gasteiger charge is 2.31. The molecule has 3 aliphatic heterocycles. The predicted molar refractivity (Wildman–Crippen MR) is 296 cm³/mol. The summed E-state index contributed by atoms with van der Waals surface area (Å²) in [4.78, 5) is 48.5. The third-order valence-electron chi connectivity index (χ3n) is 13.6. The monoisotopic (exact) mass is 1110 g/mol. The number of carbonyl (C=O) groups excluding carboxylic acids is 3. The number of Topliss-reactive ketones (excluding diaryl/α,β-unsaturated/α-hetero) is 3. The number of ketones is 3. The van der Waals surface area contributed by atoms with Crippen LogP contribution in [-0.4, -0.2) is 73.5 Å². The zero-order valence-corrected chi connectivity index (χ0v) is 43.8. The van der Waals surface area contributed by atoms with Gasteiger partial charge >= 0.3 is 0 Å². The van der Waals surface area contributed by atoms with E-state index in [2.05, 4.69) is 0 Å². The van der Waals surface area contributed by atoms with Gasteiger partial charge < -0.3 is 74.8 Å². The maximum absolute atomic E-state index is 12.2. The number of hydrogen-bond donors (Lipinski definition) is 11. The number of hydrogen-bond acceptors (Lipinski definition) is 19. The molecule has 3 atom stereocenters. The van der Waals surface area contributed by atoms with E-state index in [0.717, 1.165) is 52.1 Å². The van der Waals surface area contributed by atoms with Crippen LogP contribution in [0.5, 0.6) is 80.5 Å². The Kier molecular flexibility index (Phi) is 15.6. The van der Waals surface area contributed by atoms with Crippen molar-refractivity contribution in [2.24, 2.45) is 0 Å². The zero-order valence-electron chi connectivity index (χ0n) is 43.8. The molecule has 0 spiro atoms. The normalized spacial score (nSPS) is 15.7. The van der Waals surface area contributed by atoms with E-state index in [1.54, 1.807) is 49.4 Å². The predicted octanol–water partition coefficient (Wildman–Crippen LogP) is 11.3. The molecule has 418 valence electrons. The number of phenolic OH excluding ortho intramolecular Hbond substituents is 10. The van der Waals surface area contributed by atoms with Crippen LogP contribution in [0, 0.1) is 20.8 Å². The number of ether oxygens (including phenoxy) is 3. The Morgan fingerprint density at radius 1 is 0.378 bits per heavy atom. The molecule has 82 heavy (non-hydrogen) atoms. The highest BCUT2D eigenvalue weighted by Crippen LogP contribution is 2.42. The molecule has 0 fully saturated rings. The first-order valence-electron chi connectivity index (χ1n) is 25.2. The van der Waals surface area contributed by atoms with E-state index in [0.29, 0.717) is 45.9 Å². The summed E-state index contributed by atoms with van der Waals surface area (Å²) in [5.74, 6) is -1.28. The van der Waals surface area contributed by atoms with Crippen molar-refractivity contribution < 1.29 is 89.2 Å². The van der Waals surface area contributed by atoms with Gasteiger partial charge in [-0.05, 0) is 145 Å². The van der Waals surface area contributed by atoms with Gasteiger partial charge in [-0.25, -0.2) is 0 Å². The van der Waals surface area contributed by atoms with Gasteiger partial charge in [0.05, 0.1) is 36.0 Å². The van der Waals surface area contributed by atoms with Crippen LogP contribution in [0.4, 0.5) is 0 Å². The van der Waals surface area contributed by atoms with Crippen LogP contribution in [0.2, 0.25) is 0 Å². The Hall–Kier alpha value is -10.8. The fourth-order valence-corrected chi connectivity index (χ4v) is 9.25. The Morgan fingerprint density at radius 2 is 0.805 bits per heavy atom. The van der Waals surface area contributed by atoms with Crippen molar-refractivity contribution in [3.63, 3.8) is 0 Å². The number of aryl methyl sites for hydroxylation is 3. The Bertz CT molecular complexity index is 3780. The molecule has 9 aromatic rings. The summed E-state index contributed by atoms with van der Waals surface area (Å²) in [5.41, 5.74) is 5.62. The van der Waals surface area contributed by atoms with Gasteiger partial charge in [0, 0.05) is 29.8 Å². The quantitative estimate of drug-likeness (QED) is 0.0729. The molecule has 3 aliphatic rings. The standard InChI is InChI=1S/C17H16O3.C16H14O4.C15H10O7.C15H12O5/c1-10-3-5-13-15(19)9-16(20-17(13)7-10)12-4-6-14(18)11(2)8-12;1-9-6-10(2-5-13(9)18)15-8-14(19)12-4-3-11(17)7-16(12)20-15;16-7-4-10(19)12-11(5-7)22-15(14(21)13(12)20)6-1-2-8(17)9(18)3-6;16-9-2-3-10-12(18)7-14(20-15(10)6-9)8-1-4-11(17)13(19)5-8/h3-8,16,18H,9H2,1-2H3;2-7,15,17-18H,8H2,1H3;1-5,16-19,21H;1-6,14,16-17,19H,7H2. The van der Waals surface area contributed by atoms with Gasteiger partial charge in [-0.2, -0.15) is 0 Å². The minimum absolute atomic E-state index is 0.0121. The molecule has 8 aromatic carbocycles. The third-order valence-corrected chi connectivity index (χ3v) is 13.6. The molecule has 1 aromatic heterocycles. The average Bonchev–Trinajstić information content (AvgIpc) is 3.24. The minimum atomic E-state index is -0.888. The molecule has 12 rings (SSSR count). The molecule has 3 unspecified atom stereocenters. The van der Waals surface area contributed by atoms with Crippen LogP contribution < -0.4 is 19.6 Å². The zero-order chi connectivity index (χ0) is 58.8. The molecule has 0 saturated carbocycles. The number of benzene rings is 8. The minimum Gasteiger partial charge on any atom is -0.508 e. The Morgan fingerprint density at radius 3 is 1.27 bits per heavy atom. The highest BCUT2D eigenvalue weighted by molar-refractivity contribution is 6.01. The summed E-state index contributed by atoms with van der Waals surface area (Å²) in [6.07, 6.45) is -0.500. The SMILES string of the molecule is Cc1cc(C2CC(=O)c3ccc(O)cc3O2)ccc1O.Cc1ccc2c(c1)OC(c1ccc(O)c(C)c1)CC2=O.O=C1CC(c2ccc(O)c(O)c2)Oc2cc(O)ccc21.O=c1c(O)c(-c2ccc(O)c(O)c2)oc2cc(O)cc(O)c12. The number of aromatic hydroxyl groups is 11. The first-order valence-corrected chi connectivity index (χ1v) is 25.2. The van der Waals surface area contributed by atoms with Crippen molar-refractivity contribution in [3.05, 3.63) is 200 Å². The van der Waals surface area contributed by atoms with Crippen molar-refractivity contribution >= 4 is 28.3 Å². The highest BCUT2D eigenvalue weighted by atomic mass is 16.5. The molecule has 4 heterocycles. The maximum atomic E-state index is 12.2. The van der Waals surface area contributed by atoms with Crippen LogP contribution in [0.25, 0.3) is 22.3 Å².